The summed E-state index contributed by atoms with van der Waals surface area (Å²) in [5, 5.41) is 4.57. The Morgan fingerprint density at radius 2 is 1.37 bits per heavy atom. The molecule has 0 bridgehead atoms. The van der Waals surface area contributed by atoms with Crippen LogP contribution < -0.4 is 10.9 Å². The van der Waals surface area contributed by atoms with E-state index in [4.69, 9.17) is 0 Å². The number of halogens is 1. The van der Waals surface area contributed by atoms with E-state index >= 15 is 0 Å². The lowest BCUT2D eigenvalue weighted by Gasteiger charge is -2.09. The Morgan fingerprint density at radius 3 is 2.03 bits per heavy atom. The number of aromatic nitrogens is 2. The van der Waals surface area contributed by atoms with Crippen molar-refractivity contribution >= 4 is 11.8 Å². The van der Waals surface area contributed by atoms with Gasteiger partial charge in [0, 0.05) is 11.1 Å². The van der Waals surface area contributed by atoms with Gasteiger partial charge in [-0.1, -0.05) is 48.5 Å². The molecule has 0 aliphatic rings. The minimum absolute atomic E-state index is 0.221. The van der Waals surface area contributed by atoms with Crippen molar-refractivity contribution in [3.63, 3.8) is 0 Å². The molecule has 1 heterocycles. The number of para-hydroxylation sites is 1. The fourth-order valence-corrected chi connectivity index (χ4v) is 2.91. The molecule has 3 aromatic carbocycles. The zero-order valence-corrected chi connectivity index (χ0v) is 15.7. The van der Waals surface area contributed by atoms with E-state index in [0.717, 1.165) is 5.56 Å². The number of carbonyl (C=O) groups excluding carboxylic acids is 2. The first-order valence-electron chi connectivity index (χ1n) is 9.19. The van der Waals surface area contributed by atoms with Crippen LogP contribution in [0.25, 0.3) is 16.9 Å². The first-order chi connectivity index (χ1) is 14.6. The maximum atomic E-state index is 13.0. The summed E-state index contributed by atoms with van der Waals surface area (Å²) >= 11 is 0. The van der Waals surface area contributed by atoms with Crippen molar-refractivity contribution in [2.45, 2.75) is 0 Å². The van der Waals surface area contributed by atoms with Gasteiger partial charge in [0.25, 0.3) is 11.8 Å². The van der Waals surface area contributed by atoms with Crippen LogP contribution in [0.4, 0.5) is 4.39 Å². The van der Waals surface area contributed by atoms with Crippen LogP contribution in [-0.4, -0.2) is 21.6 Å². The molecule has 0 aliphatic heterocycles. The third-order valence-electron chi connectivity index (χ3n) is 4.41. The zero-order chi connectivity index (χ0) is 20.9. The van der Waals surface area contributed by atoms with Crippen molar-refractivity contribution < 1.29 is 14.0 Å². The van der Waals surface area contributed by atoms with E-state index in [-0.39, 0.29) is 11.3 Å². The molecule has 2 amide bonds. The monoisotopic (exact) mass is 400 g/mol. The Kier molecular flexibility index (Phi) is 5.34. The van der Waals surface area contributed by atoms with E-state index in [0.29, 0.717) is 11.4 Å². The van der Waals surface area contributed by atoms with Gasteiger partial charge >= 0.3 is 0 Å². The van der Waals surface area contributed by atoms with Gasteiger partial charge in [0.2, 0.25) is 0 Å². The highest BCUT2D eigenvalue weighted by Crippen LogP contribution is 2.21. The summed E-state index contributed by atoms with van der Waals surface area (Å²) in [6, 6.07) is 25.4. The second-order valence-corrected chi connectivity index (χ2v) is 6.44. The highest BCUT2D eigenvalue weighted by molar-refractivity contribution is 5.99. The van der Waals surface area contributed by atoms with Crippen LogP contribution in [0.5, 0.6) is 0 Å². The first-order valence-corrected chi connectivity index (χ1v) is 9.19. The van der Waals surface area contributed by atoms with Crippen LogP contribution in [0.1, 0.15) is 20.8 Å². The molecule has 148 valence electrons. The third-order valence-corrected chi connectivity index (χ3v) is 4.41. The van der Waals surface area contributed by atoms with Crippen LogP contribution in [-0.2, 0) is 0 Å². The van der Waals surface area contributed by atoms with E-state index in [1.807, 2.05) is 60.7 Å². The number of nitrogens with one attached hydrogen (secondary N) is 2. The number of benzene rings is 3. The molecule has 0 fully saturated rings. The van der Waals surface area contributed by atoms with Crippen molar-refractivity contribution in [1.29, 1.82) is 0 Å². The van der Waals surface area contributed by atoms with Crippen LogP contribution >= 0.6 is 0 Å². The van der Waals surface area contributed by atoms with Gasteiger partial charge < -0.3 is 0 Å². The van der Waals surface area contributed by atoms with Gasteiger partial charge in [-0.05, 0) is 42.5 Å². The molecular formula is C23H17FN4O2. The molecule has 0 unspecified atom stereocenters. The fraction of sp³-hybridized carbons (Fsp3) is 0. The molecule has 0 saturated heterocycles. The summed E-state index contributed by atoms with van der Waals surface area (Å²) in [6.07, 6.45) is 0. The highest BCUT2D eigenvalue weighted by atomic mass is 19.1. The summed E-state index contributed by atoms with van der Waals surface area (Å²) in [6.45, 7) is 0. The predicted octanol–water partition coefficient (Wildman–Crippen LogP) is 3.75. The van der Waals surface area contributed by atoms with Crippen LogP contribution in [0.3, 0.4) is 0 Å². The lowest BCUT2D eigenvalue weighted by Crippen LogP contribution is -2.42. The van der Waals surface area contributed by atoms with E-state index in [2.05, 4.69) is 16.0 Å². The number of carbonyl (C=O) groups is 2. The van der Waals surface area contributed by atoms with Gasteiger partial charge in [-0.25, -0.2) is 9.07 Å². The summed E-state index contributed by atoms with van der Waals surface area (Å²) < 4.78 is 14.5. The predicted molar refractivity (Wildman–Crippen MR) is 110 cm³/mol. The Labute approximate surface area is 171 Å². The average Bonchev–Trinajstić information content (AvgIpc) is 3.25. The Hall–Kier alpha value is -4.26. The molecule has 2 N–H and O–H groups in total. The molecular weight excluding hydrogens is 383 g/mol. The maximum Gasteiger partial charge on any atom is 0.288 e. The molecule has 1 aromatic heterocycles. The van der Waals surface area contributed by atoms with E-state index in [1.54, 1.807) is 6.07 Å². The van der Waals surface area contributed by atoms with E-state index < -0.39 is 17.6 Å². The summed E-state index contributed by atoms with van der Waals surface area (Å²) in [5.41, 5.74) is 7.39. The van der Waals surface area contributed by atoms with Gasteiger partial charge in [-0.3, -0.25) is 20.4 Å². The summed E-state index contributed by atoms with van der Waals surface area (Å²) in [4.78, 5) is 25.0. The van der Waals surface area contributed by atoms with Crippen molar-refractivity contribution in [3.8, 4) is 16.9 Å². The molecule has 6 nitrogen and oxygen atoms in total. The number of hydrazine groups is 1. The summed E-state index contributed by atoms with van der Waals surface area (Å²) in [7, 11) is 0. The van der Waals surface area contributed by atoms with Crippen LogP contribution in [0.15, 0.2) is 91.0 Å². The van der Waals surface area contributed by atoms with E-state index in [1.165, 1.54) is 28.9 Å². The van der Waals surface area contributed by atoms with Gasteiger partial charge in [0.05, 0.1) is 11.4 Å². The van der Waals surface area contributed by atoms with E-state index in [9.17, 15) is 14.0 Å². The highest BCUT2D eigenvalue weighted by Gasteiger charge is 2.18. The third kappa shape index (κ3) is 4.10. The molecule has 0 saturated carbocycles. The molecule has 0 radical (unpaired) electrons. The van der Waals surface area contributed by atoms with Crippen molar-refractivity contribution in [2.75, 3.05) is 0 Å². The smallest absolute Gasteiger partial charge is 0.267 e. The number of hydrogen-bond donors (Lipinski definition) is 2. The van der Waals surface area contributed by atoms with Crippen molar-refractivity contribution in [2.24, 2.45) is 0 Å². The van der Waals surface area contributed by atoms with Gasteiger partial charge in [0.15, 0.2) is 0 Å². The Bertz CT molecular complexity index is 1170. The Balaban J connectivity index is 1.60. The fourth-order valence-electron chi connectivity index (χ4n) is 2.91. The zero-order valence-electron chi connectivity index (χ0n) is 15.7. The normalized spacial score (nSPS) is 10.4. The summed E-state index contributed by atoms with van der Waals surface area (Å²) in [5.74, 6) is -1.54. The lowest BCUT2D eigenvalue weighted by molar-refractivity contribution is 0.0842. The van der Waals surface area contributed by atoms with Crippen molar-refractivity contribution in [1.82, 2.24) is 20.6 Å². The maximum absolute atomic E-state index is 13.0. The molecule has 7 heteroatoms. The minimum Gasteiger partial charge on any atom is -0.267 e. The van der Waals surface area contributed by atoms with Crippen LogP contribution in [0, 0.1) is 5.82 Å². The second kappa shape index (κ2) is 8.40. The topological polar surface area (TPSA) is 76.0 Å². The first kappa shape index (κ1) is 19.1. The SMILES string of the molecule is O=C(NNC(=O)c1cc(-c2ccccc2)nn1-c1ccccc1)c1ccc(F)cc1. The van der Waals surface area contributed by atoms with Gasteiger partial charge in [-0.2, -0.15) is 5.10 Å². The van der Waals surface area contributed by atoms with Crippen molar-refractivity contribution in [3.05, 3.63) is 108 Å². The Morgan fingerprint density at radius 1 is 0.767 bits per heavy atom. The molecule has 0 atom stereocenters. The quantitative estimate of drug-likeness (QED) is 0.512. The number of rotatable bonds is 4. The molecule has 30 heavy (non-hydrogen) atoms. The molecule has 4 aromatic rings. The molecule has 0 aliphatic carbocycles. The number of nitrogens with zero attached hydrogens (tertiary/aromatic N) is 2. The molecule has 0 spiro atoms. The number of amides is 2. The van der Waals surface area contributed by atoms with Crippen LogP contribution in [0.2, 0.25) is 0 Å². The average molecular weight is 400 g/mol. The largest absolute Gasteiger partial charge is 0.288 e. The van der Waals surface area contributed by atoms with Gasteiger partial charge in [0.1, 0.15) is 11.5 Å². The van der Waals surface area contributed by atoms with Gasteiger partial charge in [-0.15, -0.1) is 0 Å². The minimum atomic E-state index is -0.558. The standard InChI is InChI=1S/C23H17FN4O2/c24-18-13-11-17(12-14-18)22(29)25-26-23(30)21-15-20(16-7-3-1-4-8-16)27-28(21)19-9-5-2-6-10-19/h1-15H,(H,25,29)(H,26,30). The lowest BCUT2D eigenvalue weighted by atomic mass is 10.1. The molecule has 4 rings (SSSR count). The number of hydrogen-bond acceptors (Lipinski definition) is 3. The second-order valence-electron chi connectivity index (χ2n) is 6.44.